The van der Waals surface area contributed by atoms with Gasteiger partial charge in [0.2, 0.25) is 0 Å². The Morgan fingerprint density at radius 3 is 1.97 bits per heavy atom. The van der Waals surface area contributed by atoms with E-state index in [0.717, 1.165) is 46.3 Å². The normalized spacial score (nSPS) is 49.6. The molecule has 0 N–H and O–H groups in total. The second kappa shape index (κ2) is 7.38. The van der Waals surface area contributed by atoms with Gasteiger partial charge < -0.3 is 13.9 Å². The van der Waals surface area contributed by atoms with Crippen LogP contribution in [-0.4, -0.2) is 29.1 Å². The lowest BCUT2D eigenvalue weighted by atomic mass is 9.38. The third-order valence-electron chi connectivity index (χ3n) is 13.7. The zero-order valence-electron chi connectivity index (χ0n) is 23.7. The van der Waals surface area contributed by atoms with Gasteiger partial charge >= 0.3 is 7.12 Å². The predicted octanol–water partition coefficient (Wildman–Crippen LogP) is 6.77. The molecule has 200 valence electrons. The smallest absolute Gasteiger partial charge is 0.399 e. The Hall–Kier alpha value is -0.565. The van der Waals surface area contributed by atoms with Crippen molar-refractivity contribution in [2.45, 2.75) is 121 Å². The first-order valence-electron chi connectivity index (χ1n) is 15.5. The van der Waals surface area contributed by atoms with E-state index in [1.165, 1.54) is 64.2 Å². The van der Waals surface area contributed by atoms with E-state index in [2.05, 4.69) is 58.9 Å². The number of hydrogen-bond donors (Lipinski definition) is 0. The van der Waals surface area contributed by atoms with Crippen LogP contribution in [0.1, 0.15) is 98.8 Å². The van der Waals surface area contributed by atoms with E-state index in [1.807, 2.05) is 0 Å². The van der Waals surface area contributed by atoms with Crippen molar-refractivity contribution >= 4 is 25.0 Å². The zero-order chi connectivity index (χ0) is 25.6. The van der Waals surface area contributed by atoms with Crippen molar-refractivity contribution in [3.63, 3.8) is 0 Å². The van der Waals surface area contributed by atoms with Gasteiger partial charge in [-0.15, -0.1) is 0 Å². The fourth-order valence-electron chi connectivity index (χ4n) is 11.9. The maximum atomic E-state index is 16.5. The zero-order valence-corrected chi connectivity index (χ0v) is 24.6. The summed E-state index contributed by atoms with van der Waals surface area (Å²) in [4.78, 5) is 0. The molecule has 1 heterocycles. The standard InChI is InChI=1S/C32H46BO3P/c1-20-10-21-12-22(11-20)16-26(15-21)37(34,31-18-24-13-23-14-25(19-31)32(24,31)17-23)28-9-7-6-8-27(28)33-35-29(2,3)30(4,5)36-33/h6-9,20-26H,10-19H2,1-5H3. The first-order chi connectivity index (χ1) is 17.5. The van der Waals surface area contributed by atoms with Crippen molar-refractivity contribution in [3.8, 4) is 0 Å². The molecule has 0 aromatic heterocycles. The fourth-order valence-corrected chi connectivity index (χ4v) is 17.6. The predicted molar refractivity (Wildman–Crippen MR) is 151 cm³/mol. The Kier molecular flexibility index (Phi) is 4.84. The SMILES string of the molecule is CC1CC2CC(C1)CC(P(=O)(c1ccccc1B1OC(C)(C)C(C)(C)O1)C13CC4CC5CC(C1)C43C5)C2. The van der Waals surface area contributed by atoms with Crippen LogP contribution in [0.5, 0.6) is 0 Å². The lowest BCUT2D eigenvalue weighted by molar-refractivity contribution is -0.153. The van der Waals surface area contributed by atoms with Gasteiger partial charge in [0.05, 0.1) is 11.2 Å². The van der Waals surface area contributed by atoms with Crippen LogP contribution in [0.4, 0.5) is 0 Å². The van der Waals surface area contributed by atoms with E-state index in [9.17, 15) is 0 Å². The van der Waals surface area contributed by atoms with E-state index in [-0.39, 0.29) is 5.16 Å². The molecule has 1 spiro atoms. The van der Waals surface area contributed by atoms with E-state index in [4.69, 9.17) is 9.31 Å². The van der Waals surface area contributed by atoms with Gasteiger partial charge in [0.25, 0.3) is 0 Å². The molecule has 8 rings (SSSR count). The lowest BCUT2D eigenvalue weighted by Gasteiger charge is -2.77. The van der Waals surface area contributed by atoms with Gasteiger partial charge in [-0.25, -0.2) is 0 Å². The maximum absolute atomic E-state index is 16.5. The van der Waals surface area contributed by atoms with Gasteiger partial charge in [0.15, 0.2) is 0 Å². The molecule has 1 saturated heterocycles. The van der Waals surface area contributed by atoms with Crippen molar-refractivity contribution in [1.29, 1.82) is 0 Å². The van der Waals surface area contributed by atoms with Crippen LogP contribution in [-0.2, 0) is 13.9 Å². The molecule has 6 aliphatic carbocycles. The number of benzene rings is 1. The number of hydrogen-bond acceptors (Lipinski definition) is 3. The van der Waals surface area contributed by atoms with Gasteiger partial charge in [-0.3, -0.25) is 0 Å². The Labute approximate surface area is 224 Å². The third kappa shape index (κ3) is 2.82. The van der Waals surface area contributed by atoms with Crippen molar-refractivity contribution in [3.05, 3.63) is 24.3 Å². The van der Waals surface area contributed by atoms with Crippen LogP contribution in [0.2, 0.25) is 0 Å². The van der Waals surface area contributed by atoms with E-state index >= 15 is 4.57 Å². The molecule has 5 unspecified atom stereocenters. The lowest BCUT2D eigenvalue weighted by Crippen LogP contribution is -2.74. The summed E-state index contributed by atoms with van der Waals surface area (Å²) >= 11 is 0. The summed E-state index contributed by atoms with van der Waals surface area (Å²) in [5.74, 6) is 4.99. The largest absolute Gasteiger partial charge is 0.495 e. The molecule has 0 radical (unpaired) electrons. The molecule has 7 fully saturated rings. The molecule has 3 nitrogen and oxygen atoms in total. The molecule has 1 aromatic carbocycles. The molecule has 1 aliphatic heterocycles. The van der Waals surface area contributed by atoms with Gasteiger partial charge in [-0.2, -0.15) is 0 Å². The van der Waals surface area contributed by atoms with Crippen LogP contribution in [0, 0.1) is 40.9 Å². The van der Waals surface area contributed by atoms with Gasteiger partial charge in [0.1, 0.15) is 7.14 Å². The Balaban J connectivity index is 1.27. The Morgan fingerprint density at radius 1 is 0.784 bits per heavy atom. The number of fused-ring (bicyclic) bond motifs is 3. The average molecular weight is 521 g/mol. The molecular weight excluding hydrogens is 474 g/mol. The molecule has 0 amide bonds. The fraction of sp³-hybridized carbons (Fsp3) is 0.812. The van der Waals surface area contributed by atoms with Crippen molar-refractivity contribution < 1.29 is 13.9 Å². The molecule has 4 bridgehead atoms. The van der Waals surface area contributed by atoms with Crippen LogP contribution in [0.3, 0.4) is 0 Å². The molecule has 7 aliphatic rings. The summed E-state index contributed by atoms with van der Waals surface area (Å²) in [7, 11) is -3.16. The van der Waals surface area contributed by atoms with Crippen LogP contribution < -0.4 is 10.8 Å². The highest BCUT2D eigenvalue weighted by molar-refractivity contribution is 7.74. The average Bonchev–Trinajstić information content (AvgIpc) is 3.41. The third-order valence-corrected chi connectivity index (χ3v) is 18.3. The van der Waals surface area contributed by atoms with Gasteiger partial charge in [-0.05, 0) is 138 Å². The second-order valence-electron chi connectivity index (χ2n) is 15.9. The highest BCUT2D eigenvalue weighted by Gasteiger charge is 2.86. The van der Waals surface area contributed by atoms with Crippen molar-refractivity contribution in [2.75, 3.05) is 0 Å². The summed E-state index contributed by atoms with van der Waals surface area (Å²) in [6.45, 7) is 11.0. The number of rotatable bonds is 4. The Bertz CT molecular complexity index is 1140. The molecule has 1 aromatic rings. The quantitative estimate of drug-likeness (QED) is 0.325. The Morgan fingerprint density at radius 2 is 1.38 bits per heavy atom. The van der Waals surface area contributed by atoms with Crippen LogP contribution >= 0.6 is 7.14 Å². The minimum absolute atomic E-state index is 0.0578. The van der Waals surface area contributed by atoms with Crippen molar-refractivity contribution in [2.24, 2.45) is 40.9 Å². The first kappa shape index (κ1) is 24.2. The van der Waals surface area contributed by atoms with Crippen LogP contribution in [0.25, 0.3) is 0 Å². The highest BCUT2D eigenvalue weighted by Crippen LogP contribution is 2.93. The second-order valence-corrected chi connectivity index (χ2v) is 19.3. The monoisotopic (exact) mass is 520 g/mol. The molecule has 6 saturated carbocycles. The van der Waals surface area contributed by atoms with E-state index in [1.54, 1.807) is 0 Å². The van der Waals surface area contributed by atoms with E-state index in [0.29, 0.717) is 11.1 Å². The minimum Gasteiger partial charge on any atom is -0.399 e. The maximum Gasteiger partial charge on any atom is 0.495 e. The molecule has 5 atom stereocenters. The molecular formula is C32H46BO3P. The van der Waals surface area contributed by atoms with E-state index < -0.39 is 25.5 Å². The summed E-state index contributed by atoms with van der Waals surface area (Å²) in [5, 5.41) is 1.22. The molecule has 5 heteroatoms. The minimum atomic E-state index is -2.73. The van der Waals surface area contributed by atoms with Gasteiger partial charge in [0, 0.05) is 16.1 Å². The summed E-state index contributed by atoms with van der Waals surface area (Å²) in [6, 6.07) is 8.75. The summed E-state index contributed by atoms with van der Waals surface area (Å²) < 4.78 is 29.8. The van der Waals surface area contributed by atoms with Crippen LogP contribution in [0.15, 0.2) is 24.3 Å². The van der Waals surface area contributed by atoms with Gasteiger partial charge in [-0.1, -0.05) is 31.2 Å². The highest BCUT2D eigenvalue weighted by atomic mass is 31.2. The summed E-state index contributed by atoms with van der Waals surface area (Å²) in [5.41, 5.74) is 1.05. The topological polar surface area (TPSA) is 35.5 Å². The first-order valence-corrected chi connectivity index (χ1v) is 17.3. The summed E-state index contributed by atoms with van der Waals surface area (Å²) in [6.07, 6.45) is 13.1. The van der Waals surface area contributed by atoms with Crippen molar-refractivity contribution in [1.82, 2.24) is 0 Å². The molecule has 37 heavy (non-hydrogen) atoms.